The highest BCUT2D eigenvalue weighted by molar-refractivity contribution is 5.92. The summed E-state index contributed by atoms with van der Waals surface area (Å²) in [6.45, 7) is 10.7. The van der Waals surface area contributed by atoms with Crippen LogP contribution < -0.4 is 16.0 Å². The fourth-order valence-corrected chi connectivity index (χ4v) is 4.04. The summed E-state index contributed by atoms with van der Waals surface area (Å²) in [6.07, 6.45) is 6.66. The number of nitrogens with zero attached hydrogens (tertiary/aromatic N) is 2. The number of amides is 1. The number of benzene rings is 1. The largest absolute Gasteiger partial charge is 0.354 e. The normalized spacial score (nSPS) is 16.0. The predicted octanol–water partition coefficient (Wildman–Crippen LogP) is 3.99. The van der Waals surface area contributed by atoms with Gasteiger partial charge in [0.15, 0.2) is 5.96 Å². The first-order valence-electron chi connectivity index (χ1n) is 11.6. The van der Waals surface area contributed by atoms with E-state index in [1.165, 1.54) is 19.3 Å². The van der Waals surface area contributed by atoms with Crippen LogP contribution in [0.2, 0.25) is 0 Å². The maximum Gasteiger partial charge on any atom is 0.227 e. The summed E-state index contributed by atoms with van der Waals surface area (Å²) in [5, 5.41) is 9.95. The van der Waals surface area contributed by atoms with E-state index in [0.29, 0.717) is 12.6 Å². The lowest BCUT2D eigenvalue weighted by Crippen LogP contribution is -2.42. The summed E-state index contributed by atoms with van der Waals surface area (Å²) >= 11 is 0. The van der Waals surface area contributed by atoms with Crippen molar-refractivity contribution >= 4 is 17.6 Å². The van der Waals surface area contributed by atoms with Crippen molar-refractivity contribution in [2.45, 2.75) is 71.9 Å². The minimum absolute atomic E-state index is 0.161. The van der Waals surface area contributed by atoms with Crippen LogP contribution in [0.4, 0.5) is 5.69 Å². The minimum Gasteiger partial charge on any atom is -0.354 e. The van der Waals surface area contributed by atoms with Gasteiger partial charge in [0.25, 0.3) is 0 Å². The Balaban J connectivity index is 1.76. The third-order valence-corrected chi connectivity index (χ3v) is 5.99. The summed E-state index contributed by atoms with van der Waals surface area (Å²) in [5.41, 5.74) is 2.00. The molecule has 1 amide bonds. The molecule has 1 fully saturated rings. The molecule has 2 rings (SSSR count). The molecule has 0 radical (unpaired) electrons. The number of hydrogen-bond donors (Lipinski definition) is 3. The summed E-state index contributed by atoms with van der Waals surface area (Å²) < 4.78 is 0. The lowest BCUT2D eigenvalue weighted by molar-refractivity contribution is -0.119. The zero-order valence-corrected chi connectivity index (χ0v) is 19.3. The van der Waals surface area contributed by atoms with Gasteiger partial charge in [0.05, 0.1) is 0 Å². The Bertz CT molecular complexity index is 665. The maximum absolute atomic E-state index is 12.4. The van der Waals surface area contributed by atoms with Crippen LogP contribution in [0.3, 0.4) is 0 Å². The number of anilines is 1. The number of nitrogens with one attached hydrogen (secondary N) is 3. The van der Waals surface area contributed by atoms with Crippen LogP contribution in [-0.2, 0) is 11.3 Å². The highest BCUT2D eigenvalue weighted by atomic mass is 16.1. The second kappa shape index (κ2) is 13.3. The average Bonchev–Trinajstić information content (AvgIpc) is 3.29. The summed E-state index contributed by atoms with van der Waals surface area (Å²) in [7, 11) is 1.80. The third kappa shape index (κ3) is 8.34. The molecule has 1 atom stereocenters. The lowest BCUT2D eigenvalue weighted by atomic mass is 10.1. The molecule has 0 aromatic heterocycles. The first-order valence-corrected chi connectivity index (χ1v) is 11.6. The minimum atomic E-state index is 0.161. The van der Waals surface area contributed by atoms with Crippen molar-refractivity contribution in [3.05, 3.63) is 29.8 Å². The second-order valence-corrected chi connectivity index (χ2v) is 8.31. The number of hydrogen-bond acceptors (Lipinski definition) is 3. The summed E-state index contributed by atoms with van der Waals surface area (Å²) in [4.78, 5) is 19.2. The molecule has 1 aliphatic carbocycles. The fraction of sp³-hybridized carbons (Fsp3) is 0.667. The van der Waals surface area contributed by atoms with Crippen LogP contribution in [0.5, 0.6) is 0 Å². The van der Waals surface area contributed by atoms with Gasteiger partial charge in [-0.1, -0.05) is 38.8 Å². The molecule has 0 saturated heterocycles. The summed E-state index contributed by atoms with van der Waals surface area (Å²) in [5.74, 6) is 1.15. The van der Waals surface area contributed by atoms with Crippen LogP contribution in [0, 0.1) is 5.92 Å². The van der Waals surface area contributed by atoms with E-state index in [9.17, 15) is 4.79 Å². The van der Waals surface area contributed by atoms with Gasteiger partial charge in [-0.2, -0.15) is 0 Å². The van der Waals surface area contributed by atoms with E-state index < -0.39 is 0 Å². The van der Waals surface area contributed by atoms with Gasteiger partial charge in [0.2, 0.25) is 5.91 Å². The fourth-order valence-electron chi connectivity index (χ4n) is 4.04. The zero-order valence-electron chi connectivity index (χ0n) is 19.3. The maximum atomic E-state index is 12.4. The van der Waals surface area contributed by atoms with Crippen molar-refractivity contribution < 1.29 is 4.79 Å². The highest BCUT2D eigenvalue weighted by Crippen LogP contribution is 2.26. The van der Waals surface area contributed by atoms with E-state index in [0.717, 1.165) is 56.1 Å². The second-order valence-electron chi connectivity index (χ2n) is 8.31. The number of carbonyl (C=O) groups is 1. The van der Waals surface area contributed by atoms with E-state index in [1.807, 2.05) is 18.2 Å². The van der Waals surface area contributed by atoms with Gasteiger partial charge >= 0.3 is 0 Å². The van der Waals surface area contributed by atoms with Gasteiger partial charge < -0.3 is 20.9 Å². The molecular weight excluding hydrogens is 374 g/mol. The third-order valence-electron chi connectivity index (χ3n) is 5.99. The summed E-state index contributed by atoms with van der Waals surface area (Å²) in [6, 6.07) is 8.43. The van der Waals surface area contributed by atoms with Gasteiger partial charge in [0.1, 0.15) is 0 Å². The molecule has 0 aliphatic heterocycles. The van der Waals surface area contributed by atoms with Crippen LogP contribution in [0.1, 0.15) is 64.9 Å². The predicted molar refractivity (Wildman–Crippen MR) is 127 cm³/mol. The molecule has 0 bridgehead atoms. The zero-order chi connectivity index (χ0) is 21.8. The molecule has 1 saturated carbocycles. The Morgan fingerprint density at radius 1 is 1.23 bits per heavy atom. The van der Waals surface area contributed by atoms with E-state index in [1.54, 1.807) is 7.05 Å². The molecule has 30 heavy (non-hydrogen) atoms. The Labute approximate surface area is 182 Å². The van der Waals surface area contributed by atoms with E-state index >= 15 is 0 Å². The highest BCUT2D eigenvalue weighted by Gasteiger charge is 2.22. The lowest BCUT2D eigenvalue weighted by Gasteiger charge is -2.21. The van der Waals surface area contributed by atoms with Gasteiger partial charge in [-0.25, -0.2) is 0 Å². The van der Waals surface area contributed by atoms with Crippen molar-refractivity contribution in [1.82, 2.24) is 15.5 Å². The molecule has 168 valence electrons. The molecule has 6 nitrogen and oxygen atoms in total. The standard InChI is InChI=1S/C24H41N5O/c1-5-29(6-2)16-10-11-19(3)27-24(25-4)26-18-20-12-9-15-22(17-20)28-23(30)21-13-7-8-14-21/h9,12,15,17,19,21H,5-8,10-11,13-14,16,18H2,1-4H3,(H,28,30)(H2,25,26,27). The van der Waals surface area contributed by atoms with Crippen LogP contribution >= 0.6 is 0 Å². The Hall–Kier alpha value is -2.08. The molecule has 0 spiro atoms. The van der Waals surface area contributed by atoms with E-state index in [4.69, 9.17) is 0 Å². The first kappa shape index (κ1) is 24.2. The molecule has 6 heteroatoms. The number of guanidine groups is 1. The average molecular weight is 416 g/mol. The van der Waals surface area contributed by atoms with Crippen molar-refractivity contribution in [1.29, 1.82) is 0 Å². The molecule has 0 heterocycles. The molecule has 1 aromatic carbocycles. The van der Waals surface area contributed by atoms with Gasteiger partial charge in [-0.05, 0) is 69.9 Å². The van der Waals surface area contributed by atoms with Gasteiger partial charge in [0, 0.05) is 31.2 Å². The van der Waals surface area contributed by atoms with Crippen molar-refractivity contribution in [2.24, 2.45) is 10.9 Å². The molecule has 1 unspecified atom stereocenters. The molecule has 1 aliphatic rings. The van der Waals surface area contributed by atoms with E-state index in [2.05, 4.69) is 52.7 Å². The van der Waals surface area contributed by atoms with Crippen LogP contribution in [0.15, 0.2) is 29.3 Å². The van der Waals surface area contributed by atoms with Crippen molar-refractivity contribution in [3.8, 4) is 0 Å². The van der Waals surface area contributed by atoms with E-state index in [-0.39, 0.29) is 11.8 Å². The Morgan fingerprint density at radius 2 is 1.97 bits per heavy atom. The first-order chi connectivity index (χ1) is 14.5. The van der Waals surface area contributed by atoms with Crippen LogP contribution in [-0.4, -0.2) is 49.5 Å². The van der Waals surface area contributed by atoms with Gasteiger partial charge in [-0.15, -0.1) is 0 Å². The van der Waals surface area contributed by atoms with Crippen LogP contribution in [0.25, 0.3) is 0 Å². The molecule has 1 aromatic rings. The topological polar surface area (TPSA) is 68.8 Å². The SMILES string of the molecule is CCN(CC)CCCC(C)NC(=NC)NCc1cccc(NC(=O)C2CCCC2)c1. The van der Waals surface area contributed by atoms with Crippen molar-refractivity contribution in [3.63, 3.8) is 0 Å². The Kier molecular flexibility index (Phi) is 10.7. The smallest absolute Gasteiger partial charge is 0.227 e. The van der Waals surface area contributed by atoms with Gasteiger partial charge in [-0.3, -0.25) is 9.79 Å². The molecular formula is C24H41N5O. The monoisotopic (exact) mass is 415 g/mol. The number of rotatable bonds is 11. The number of aliphatic imine (C=N–C) groups is 1. The van der Waals surface area contributed by atoms with Crippen molar-refractivity contribution in [2.75, 3.05) is 32.0 Å². The Morgan fingerprint density at radius 3 is 2.63 bits per heavy atom. The quantitative estimate of drug-likeness (QED) is 0.378. The molecule has 3 N–H and O–H groups in total. The number of carbonyl (C=O) groups excluding carboxylic acids is 1.